The van der Waals surface area contributed by atoms with Crippen LogP contribution in [-0.2, 0) is 16.1 Å². The minimum absolute atomic E-state index is 0.111. The monoisotopic (exact) mass is 389 g/mol. The second-order valence-corrected chi connectivity index (χ2v) is 7.68. The Morgan fingerprint density at radius 3 is 3.00 bits per heavy atom. The Balaban J connectivity index is 1.62. The molecule has 5 nitrogen and oxygen atoms in total. The molecule has 136 valence electrons. The zero-order chi connectivity index (χ0) is 18.4. The Morgan fingerprint density at radius 2 is 2.35 bits per heavy atom. The molecule has 7 heteroatoms. The highest BCUT2D eigenvalue weighted by atomic mass is 35.5. The molecule has 2 aromatic rings. The van der Waals surface area contributed by atoms with Crippen LogP contribution >= 0.6 is 22.9 Å². The van der Waals surface area contributed by atoms with Crippen molar-refractivity contribution < 1.29 is 9.53 Å². The number of halogens is 1. The predicted octanol–water partition coefficient (Wildman–Crippen LogP) is 3.89. The minimum Gasteiger partial charge on any atom is -0.377 e. The van der Waals surface area contributed by atoms with Gasteiger partial charge in [-0.05, 0) is 42.5 Å². The van der Waals surface area contributed by atoms with Crippen molar-refractivity contribution in [3.63, 3.8) is 0 Å². The number of carbonyl (C=O) groups excluding carboxylic acids is 1. The summed E-state index contributed by atoms with van der Waals surface area (Å²) in [6.07, 6.45) is 2.30. The first-order chi connectivity index (χ1) is 12.6. The predicted molar refractivity (Wildman–Crippen MR) is 103 cm³/mol. The summed E-state index contributed by atoms with van der Waals surface area (Å²) in [7, 11) is 0. The summed E-state index contributed by atoms with van der Waals surface area (Å²) in [6.45, 7) is 2.53. The number of anilines is 1. The molecule has 1 fully saturated rings. The van der Waals surface area contributed by atoms with Gasteiger partial charge in [0.2, 0.25) is 5.91 Å². The third-order valence-electron chi connectivity index (χ3n) is 4.19. The first-order valence-corrected chi connectivity index (χ1v) is 9.75. The highest BCUT2D eigenvalue weighted by Gasteiger charge is 2.21. The van der Waals surface area contributed by atoms with Gasteiger partial charge in [-0.25, -0.2) is 0 Å². The van der Waals surface area contributed by atoms with Crippen molar-refractivity contribution in [2.24, 2.45) is 0 Å². The third-order valence-corrected chi connectivity index (χ3v) is 5.36. The van der Waals surface area contributed by atoms with Gasteiger partial charge in [0.05, 0.1) is 23.2 Å². The van der Waals surface area contributed by atoms with Gasteiger partial charge in [0.25, 0.3) is 0 Å². The van der Waals surface area contributed by atoms with Gasteiger partial charge in [-0.1, -0.05) is 17.7 Å². The van der Waals surface area contributed by atoms with Crippen LogP contribution in [0.3, 0.4) is 0 Å². The van der Waals surface area contributed by atoms with E-state index >= 15 is 0 Å². The molecular weight excluding hydrogens is 370 g/mol. The van der Waals surface area contributed by atoms with Crippen molar-refractivity contribution >= 4 is 34.5 Å². The van der Waals surface area contributed by atoms with Gasteiger partial charge < -0.3 is 10.1 Å². The van der Waals surface area contributed by atoms with Crippen LogP contribution in [0.4, 0.5) is 5.69 Å². The molecule has 1 amide bonds. The first kappa shape index (κ1) is 18.9. The molecule has 1 N–H and O–H groups in total. The topological polar surface area (TPSA) is 65.4 Å². The summed E-state index contributed by atoms with van der Waals surface area (Å²) in [5, 5.41) is 14.2. The van der Waals surface area contributed by atoms with Crippen molar-refractivity contribution in [3.05, 3.63) is 51.2 Å². The quantitative estimate of drug-likeness (QED) is 0.780. The highest BCUT2D eigenvalue weighted by Crippen LogP contribution is 2.21. The van der Waals surface area contributed by atoms with E-state index in [-0.39, 0.29) is 18.6 Å². The van der Waals surface area contributed by atoms with Crippen molar-refractivity contribution in [1.29, 1.82) is 5.26 Å². The molecule has 0 unspecified atom stereocenters. The van der Waals surface area contributed by atoms with Crippen molar-refractivity contribution in [1.82, 2.24) is 4.90 Å². The summed E-state index contributed by atoms with van der Waals surface area (Å²) in [5.74, 6) is -0.111. The molecule has 1 aliphatic rings. The van der Waals surface area contributed by atoms with Gasteiger partial charge >= 0.3 is 0 Å². The fraction of sp³-hybridized carbons (Fsp3) is 0.368. The number of thiophene rings is 1. The maximum atomic E-state index is 12.5. The van der Waals surface area contributed by atoms with Crippen LogP contribution in [-0.4, -0.2) is 36.6 Å². The molecule has 26 heavy (non-hydrogen) atoms. The third kappa shape index (κ3) is 5.29. The van der Waals surface area contributed by atoms with E-state index in [1.807, 2.05) is 17.5 Å². The lowest BCUT2D eigenvalue weighted by Crippen LogP contribution is -2.37. The number of rotatable bonds is 7. The van der Waals surface area contributed by atoms with E-state index in [1.165, 1.54) is 4.88 Å². The van der Waals surface area contributed by atoms with Gasteiger partial charge in [0.1, 0.15) is 6.07 Å². The molecule has 2 heterocycles. The number of ether oxygens (including phenoxy) is 1. The fourth-order valence-corrected chi connectivity index (χ4v) is 3.94. The van der Waals surface area contributed by atoms with Crippen LogP contribution in [0.5, 0.6) is 0 Å². The number of nitrogens with one attached hydrogen (secondary N) is 1. The normalized spacial score (nSPS) is 16.6. The molecule has 0 radical (unpaired) electrons. The molecular formula is C19H20ClN3O2S. The van der Waals surface area contributed by atoms with Gasteiger partial charge in [-0.3, -0.25) is 9.69 Å². The summed E-state index contributed by atoms with van der Waals surface area (Å²) >= 11 is 7.71. The average Bonchev–Trinajstić information content (AvgIpc) is 3.29. The first-order valence-electron chi connectivity index (χ1n) is 8.50. The van der Waals surface area contributed by atoms with Gasteiger partial charge in [-0.2, -0.15) is 5.26 Å². The number of hydrogen-bond acceptors (Lipinski definition) is 5. The van der Waals surface area contributed by atoms with Crippen molar-refractivity contribution in [3.8, 4) is 6.07 Å². The number of amides is 1. The molecule has 0 spiro atoms. The number of benzene rings is 1. The Morgan fingerprint density at radius 1 is 1.46 bits per heavy atom. The molecule has 1 saturated heterocycles. The van der Waals surface area contributed by atoms with E-state index in [0.29, 0.717) is 16.3 Å². The van der Waals surface area contributed by atoms with Crippen molar-refractivity contribution in [2.75, 3.05) is 25.0 Å². The number of hydrogen-bond donors (Lipinski definition) is 1. The second-order valence-electron chi connectivity index (χ2n) is 6.24. The summed E-state index contributed by atoms with van der Waals surface area (Å²) < 4.78 is 5.73. The van der Waals surface area contributed by atoms with Crippen LogP contribution in [0.2, 0.25) is 5.02 Å². The summed E-state index contributed by atoms with van der Waals surface area (Å²) in [6, 6.07) is 11.0. The number of nitrogens with zero attached hydrogens (tertiary/aromatic N) is 2. The van der Waals surface area contributed by atoms with Crippen LogP contribution in [0.15, 0.2) is 35.7 Å². The highest BCUT2D eigenvalue weighted by molar-refractivity contribution is 7.09. The molecule has 0 aliphatic carbocycles. The Labute approximate surface area is 162 Å². The lowest BCUT2D eigenvalue weighted by Gasteiger charge is -2.24. The summed E-state index contributed by atoms with van der Waals surface area (Å²) in [4.78, 5) is 15.8. The Kier molecular flexibility index (Phi) is 6.64. The number of carbonyl (C=O) groups is 1. The minimum atomic E-state index is -0.111. The second kappa shape index (κ2) is 9.15. The average molecular weight is 390 g/mol. The van der Waals surface area contributed by atoms with E-state index in [9.17, 15) is 4.79 Å². The van der Waals surface area contributed by atoms with Crippen LogP contribution < -0.4 is 5.32 Å². The summed E-state index contributed by atoms with van der Waals surface area (Å²) in [5.41, 5.74) is 0.981. The maximum absolute atomic E-state index is 12.5. The lowest BCUT2D eigenvalue weighted by atomic mass is 10.2. The van der Waals surface area contributed by atoms with Gasteiger partial charge in [0.15, 0.2) is 0 Å². The Bertz CT molecular complexity index is 783. The molecule has 3 rings (SSSR count). The van der Waals surface area contributed by atoms with Crippen LogP contribution in [0.1, 0.15) is 23.3 Å². The largest absolute Gasteiger partial charge is 0.377 e. The molecule has 0 bridgehead atoms. The van der Waals surface area contributed by atoms with Crippen LogP contribution in [0.25, 0.3) is 0 Å². The van der Waals surface area contributed by atoms with Gasteiger partial charge in [0, 0.05) is 30.3 Å². The molecule has 1 aliphatic heterocycles. The zero-order valence-electron chi connectivity index (χ0n) is 14.3. The van der Waals surface area contributed by atoms with E-state index in [2.05, 4.69) is 16.3 Å². The smallest absolute Gasteiger partial charge is 0.238 e. The molecule has 0 saturated carbocycles. The van der Waals surface area contributed by atoms with Crippen molar-refractivity contribution in [2.45, 2.75) is 25.5 Å². The van der Waals surface area contributed by atoms with E-state index in [4.69, 9.17) is 21.6 Å². The molecule has 1 atom stereocenters. The molecule has 1 aromatic heterocycles. The van der Waals surface area contributed by atoms with E-state index in [1.54, 1.807) is 29.5 Å². The standard InChI is InChI=1S/C19H20ClN3O2S/c20-18-9-15(6-5-14(18)10-21)22-19(24)13-23(11-16-3-1-7-25-16)12-17-4-2-8-26-17/h2,4-6,8-9,16H,1,3,7,11-13H2,(H,22,24)/t16-/m1/s1. The van der Waals surface area contributed by atoms with E-state index < -0.39 is 0 Å². The zero-order valence-corrected chi connectivity index (χ0v) is 15.9. The number of nitriles is 1. The van der Waals surface area contributed by atoms with Gasteiger partial charge in [-0.15, -0.1) is 11.3 Å². The maximum Gasteiger partial charge on any atom is 0.238 e. The SMILES string of the molecule is N#Cc1ccc(NC(=O)CN(Cc2cccs2)C[C@H]2CCCO2)cc1Cl. The van der Waals surface area contributed by atoms with Crippen LogP contribution in [0, 0.1) is 11.3 Å². The Hall–Kier alpha value is -1.91. The fourth-order valence-electron chi connectivity index (χ4n) is 2.97. The lowest BCUT2D eigenvalue weighted by molar-refractivity contribution is -0.117. The van der Waals surface area contributed by atoms with E-state index in [0.717, 1.165) is 32.5 Å². The molecule has 1 aromatic carbocycles.